The largest absolute Gasteiger partial charge is 0.477 e. The molecule has 8 nitrogen and oxygen atoms in total. The van der Waals surface area contributed by atoms with Crippen molar-refractivity contribution in [3.8, 4) is 0 Å². The Morgan fingerprint density at radius 2 is 1.97 bits per heavy atom. The molecule has 0 atom stereocenters. The van der Waals surface area contributed by atoms with E-state index in [1.54, 1.807) is 17.9 Å². The van der Waals surface area contributed by atoms with Crippen LogP contribution in [-0.2, 0) is 20.1 Å². The summed E-state index contributed by atoms with van der Waals surface area (Å²) in [6.45, 7) is 0.457. The summed E-state index contributed by atoms with van der Waals surface area (Å²) in [4.78, 5) is 25.6. The average molecular weight is 401 g/mol. The quantitative estimate of drug-likeness (QED) is 0.652. The SMILES string of the molecule is Cn1cc2c(n1)CN(c1c(F)c(N)c3c(=O)c(C(=O)O)cn(C4CC4)c3c1F)C2. The predicted molar refractivity (Wildman–Crippen MR) is 101 cm³/mol. The molecule has 10 heteroatoms. The van der Waals surface area contributed by atoms with E-state index in [1.807, 2.05) is 0 Å². The summed E-state index contributed by atoms with van der Waals surface area (Å²) in [5.74, 6) is -3.44. The van der Waals surface area contributed by atoms with Gasteiger partial charge in [-0.15, -0.1) is 0 Å². The van der Waals surface area contributed by atoms with Crippen LogP contribution in [0.25, 0.3) is 10.9 Å². The maximum atomic E-state index is 15.7. The zero-order chi connectivity index (χ0) is 20.6. The lowest BCUT2D eigenvalue weighted by atomic mass is 10.1. The molecule has 1 fully saturated rings. The first kappa shape index (κ1) is 17.7. The van der Waals surface area contributed by atoms with Crippen LogP contribution in [0.1, 0.15) is 40.5 Å². The summed E-state index contributed by atoms with van der Waals surface area (Å²) in [6, 6.07) is -0.151. The van der Waals surface area contributed by atoms with Gasteiger partial charge < -0.3 is 20.3 Å². The number of nitrogen functional groups attached to an aromatic ring is 1. The first-order chi connectivity index (χ1) is 13.8. The van der Waals surface area contributed by atoms with Crippen molar-refractivity contribution in [2.75, 3.05) is 10.6 Å². The summed E-state index contributed by atoms with van der Waals surface area (Å²) in [7, 11) is 1.77. The topological polar surface area (TPSA) is 106 Å². The standard InChI is InChI=1S/C19H17F2N5O3/c1-24-4-8-5-25(7-11(8)23-24)17-13(20)15(22)12-16(14(17)21)26(9-2-3-9)6-10(18(12)27)19(28)29/h4,6,9H,2-3,5,7,22H2,1H3,(H,28,29). The van der Waals surface area contributed by atoms with Crippen LogP contribution in [-0.4, -0.2) is 25.4 Å². The van der Waals surface area contributed by atoms with Crippen molar-refractivity contribution in [1.82, 2.24) is 14.3 Å². The summed E-state index contributed by atoms with van der Waals surface area (Å²) >= 11 is 0. The third-order valence-corrected chi connectivity index (χ3v) is 5.54. The van der Waals surface area contributed by atoms with E-state index in [9.17, 15) is 14.7 Å². The number of carboxylic acid groups (broad SMARTS) is 1. The Bertz CT molecular complexity index is 1250. The van der Waals surface area contributed by atoms with Gasteiger partial charge in [0.05, 0.1) is 28.8 Å². The second-order valence-corrected chi connectivity index (χ2v) is 7.56. The van der Waals surface area contributed by atoms with Crippen LogP contribution in [0.15, 0.2) is 17.2 Å². The fourth-order valence-electron chi connectivity index (χ4n) is 4.07. The van der Waals surface area contributed by atoms with Gasteiger partial charge in [0.2, 0.25) is 5.43 Å². The minimum absolute atomic E-state index is 0.151. The molecule has 1 aliphatic carbocycles. The number of benzene rings is 1. The van der Waals surface area contributed by atoms with Gasteiger partial charge in [-0.2, -0.15) is 5.10 Å². The van der Waals surface area contributed by atoms with Crippen LogP contribution in [0.2, 0.25) is 0 Å². The van der Waals surface area contributed by atoms with Crippen molar-refractivity contribution in [1.29, 1.82) is 0 Å². The molecule has 1 saturated carbocycles. The Hall–Kier alpha value is -3.43. The van der Waals surface area contributed by atoms with Crippen molar-refractivity contribution in [3.63, 3.8) is 0 Å². The molecule has 3 N–H and O–H groups in total. The van der Waals surface area contributed by atoms with Crippen molar-refractivity contribution in [3.05, 3.63) is 51.1 Å². The number of carboxylic acids is 1. The molecule has 3 heterocycles. The number of halogens is 2. The van der Waals surface area contributed by atoms with Crippen molar-refractivity contribution in [2.24, 2.45) is 7.05 Å². The predicted octanol–water partition coefficient (Wildman–Crippen LogP) is 2.15. The minimum Gasteiger partial charge on any atom is -0.477 e. The number of nitrogens with zero attached hydrogens (tertiary/aromatic N) is 4. The van der Waals surface area contributed by atoms with Gasteiger partial charge >= 0.3 is 5.97 Å². The Morgan fingerprint density at radius 1 is 1.24 bits per heavy atom. The molecule has 2 aromatic heterocycles. The summed E-state index contributed by atoms with van der Waals surface area (Å²) in [5, 5.41) is 13.2. The van der Waals surface area contributed by atoms with Gasteiger partial charge in [0.25, 0.3) is 0 Å². The molecular weight excluding hydrogens is 384 g/mol. The van der Waals surface area contributed by atoms with E-state index in [1.165, 1.54) is 9.47 Å². The third-order valence-electron chi connectivity index (χ3n) is 5.54. The maximum absolute atomic E-state index is 15.7. The van der Waals surface area contributed by atoms with E-state index < -0.39 is 39.7 Å². The van der Waals surface area contributed by atoms with Gasteiger partial charge in [0.15, 0.2) is 11.6 Å². The van der Waals surface area contributed by atoms with Gasteiger partial charge in [-0.05, 0) is 12.8 Å². The molecule has 2 aliphatic rings. The number of rotatable bonds is 3. The third kappa shape index (κ3) is 2.44. The Labute approximate surface area is 162 Å². The monoisotopic (exact) mass is 401 g/mol. The average Bonchev–Trinajstić information content (AvgIpc) is 3.34. The number of pyridine rings is 1. The van der Waals surface area contributed by atoms with Crippen molar-refractivity contribution < 1.29 is 18.7 Å². The number of hydrogen-bond acceptors (Lipinski definition) is 5. The Morgan fingerprint density at radius 3 is 2.59 bits per heavy atom. The van der Waals surface area contributed by atoms with Gasteiger partial charge in [0, 0.05) is 37.6 Å². The second kappa shape index (κ2) is 5.79. The zero-order valence-electron chi connectivity index (χ0n) is 15.4. The molecule has 0 radical (unpaired) electrons. The smallest absolute Gasteiger partial charge is 0.341 e. The highest BCUT2D eigenvalue weighted by Crippen LogP contribution is 2.42. The van der Waals surface area contributed by atoms with Crippen LogP contribution in [0.5, 0.6) is 0 Å². The molecule has 3 aromatic rings. The fraction of sp³-hybridized carbons (Fsp3) is 0.316. The molecule has 5 rings (SSSR count). The highest BCUT2D eigenvalue weighted by Gasteiger charge is 2.34. The maximum Gasteiger partial charge on any atom is 0.341 e. The molecule has 29 heavy (non-hydrogen) atoms. The number of fused-ring (bicyclic) bond motifs is 2. The van der Waals surface area contributed by atoms with Crippen LogP contribution in [0, 0.1) is 11.6 Å². The highest BCUT2D eigenvalue weighted by atomic mass is 19.1. The molecule has 0 bridgehead atoms. The first-order valence-corrected chi connectivity index (χ1v) is 9.12. The van der Waals surface area contributed by atoms with Crippen LogP contribution in [0.3, 0.4) is 0 Å². The number of aromatic carboxylic acids is 1. The molecule has 0 unspecified atom stereocenters. The van der Waals surface area contributed by atoms with Gasteiger partial charge in [0.1, 0.15) is 11.3 Å². The van der Waals surface area contributed by atoms with Crippen molar-refractivity contribution in [2.45, 2.75) is 32.0 Å². The number of nitrogens with two attached hydrogens (primary N) is 1. The number of anilines is 2. The van der Waals surface area contributed by atoms with E-state index in [0.29, 0.717) is 18.5 Å². The molecule has 1 aromatic carbocycles. The van der Waals surface area contributed by atoms with E-state index in [-0.39, 0.29) is 30.3 Å². The van der Waals surface area contributed by atoms with E-state index >= 15 is 8.78 Å². The van der Waals surface area contributed by atoms with E-state index in [2.05, 4.69) is 5.10 Å². The highest BCUT2D eigenvalue weighted by molar-refractivity contribution is 5.99. The molecule has 0 saturated heterocycles. The molecule has 0 amide bonds. The number of aryl methyl sites for hydroxylation is 1. The lowest BCUT2D eigenvalue weighted by molar-refractivity contribution is 0.0695. The van der Waals surface area contributed by atoms with E-state index in [0.717, 1.165) is 11.8 Å². The summed E-state index contributed by atoms with van der Waals surface area (Å²) in [5.41, 5.74) is 4.93. The van der Waals surface area contributed by atoms with Crippen LogP contribution >= 0.6 is 0 Å². The normalized spacial score (nSPS) is 15.9. The Balaban J connectivity index is 1.78. The lowest BCUT2D eigenvalue weighted by Gasteiger charge is -2.23. The number of carbonyl (C=O) groups is 1. The zero-order valence-corrected chi connectivity index (χ0v) is 15.4. The van der Waals surface area contributed by atoms with Crippen LogP contribution in [0.4, 0.5) is 20.2 Å². The fourth-order valence-corrected chi connectivity index (χ4v) is 4.07. The lowest BCUT2D eigenvalue weighted by Crippen LogP contribution is -2.24. The van der Waals surface area contributed by atoms with Gasteiger partial charge in [-0.25, -0.2) is 13.6 Å². The number of aromatic nitrogens is 3. The Kier molecular flexibility index (Phi) is 3.52. The van der Waals surface area contributed by atoms with Crippen molar-refractivity contribution >= 4 is 28.2 Å². The molecule has 1 aliphatic heterocycles. The molecular formula is C19H17F2N5O3. The minimum atomic E-state index is -1.46. The van der Waals surface area contributed by atoms with E-state index in [4.69, 9.17) is 5.73 Å². The second-order valence-electron chi connectivity index (χ2n) is 7.56. The molecule has 150 valence electrons. The number of hydrogen-bond donors (Lipinski definition) is 2. The molecule has 0 spiro atoms. The summed E-state index contributed by atoms with van der Waals surface area (Å²) < 4.78 is 33.9. The van der Waals surface area contributed by atoms with Gasteiger partial charge in [-0.3, -0.25) is 9.48 Å². The summed E-state index contributed by atoms with van der Waals surface area (Å²) in [6.07, 6.45) is 4.34. The first-order valence-electron chi connectivity index (χ1n) is 9.12. The van der Waals surface area contributed by atoms with Crippen LogP contribution < -0.4 is 16.1 Å². The van der Waals surface area contributed by atoms with Gasteiger partial charge in [-0.1, -0.05) is 0 Å².